The maximum absolute atomic E-state index is 12.0. The third kappa shape index (κ3) is 2.96. The second-order valence-corrected chi connectivity index (χ2v) is 6.03. The van der Waals surface area contributed by atoms with Crippen LogP contribution in [0.4, 0.5) is 0 Å². The standard InChI is InChI=1S/C11H12N2O7S/c1-13-7-3-2-6(4-9(7)20-11(13)17)21(18,19)12-5-8(14)10(15)16/h2-4,8,12,14H,5H2,1H3,(H,15,16). The Morgan fingerprint density at radius 1 is 1.48 bits per heavy atom. The number of rotatable bonds is 5. The van der Waals surface area contributed by atoms with Gasteiger partial charge in [-0.3, -0.25) is 4.57 Å². The lowest BCUT2D eigenvalue weighted by Crippen LogP contribution is -2.36. The Balaban J connectivity index is 2.32. The first-order chi connectivity index (χ1) is 9.72. The van der Waals surface area contributed by atoms with Gasteiger partial charge in [-0.1, -0.05) is 0 Å². The lowest BCUT2D eigenvalue weighted by atomic mass is 10.3. The number of oxazole rings is 1. The van der Waals surface area contributed by atoms with Crippen molar-refractivity contribution in [2.24, 2.45) is 7.05 Å². The minimum absolute atomic E-state index is 0.0872. The van der Waals surface area contributed by atoms with Crippen LogP contribution in [0, 0.1) is 0 Å². The van der Waals surface area contributed by atoms with E-state index >= 15 is 0 Å². The summed E-state index contributed by atoms with van der Waals surface area (Å²) in [6.45, 7) is -0.672. The normalized spacial score (nSPS) is 13.4. The van der Waals surface area contributed by atoms with Gasteiger partial charge in [0.25, 0.3) is 0 Å². The molecule has 0 aliphatic rings. The first-order valence-corrected chi connectivity index (χ1v) is 7.21. The molecule has 0 bridgehead atoms. The largest absolute Gasteiger partial charge is 0.479 e. The zero-order chi connectivity index (χ0) is 15.8. The Labute approximate surface area is 118 Å². The molecule has 1 aromatic heterocycles. The van der Waals surface area contributed by atoms with E-state index in [9.17, 15) is 18.0 Å². The molecule has 0 aliphatic carbocycles. The Hall–Kier alpha value is -2.17. The van der Waals surface area contributed by atoms with Crippen LogP contribution in [0.5, 0.6) is 0 Å². The molecule has 2 rings (SSSR count). The van der Waals surface area contributed by atoms with Gasteiger partial charge in [-0.25, -0.2) is 22.7 Å². The number of aryl methyl sites for hydroxylation is 1. The second-order valence-electron chi connectivity index (χ2n) is 4.26. The summed E-state index contributed by atoms with van der Waals surface area (Å²) < 4.78 is 31.9. The summed E-state index contributed by atoms with van der Waals surface area (Å²) in [5.41, 5.74) is 0.508. The van der Waals surface area contributed by atoms with E-state index < -0.39 is 34.4 Å². The summed E-state index contributed by atoms with van der Waals surface area (Å²) in [6, 6.07) is 3.78. The molecule has 1 heterocycles. The fraction of sp³-hybridized carbons (Fsp3) is 0.273. The first-order valence-electron chi connectivity index (χ1n) is 5.72. The zero-order valence-corrected chi connectivity index (χ0v) is 11.6. The number of hydrogen-bond donors (Lipinski definition) is 3. The molecule has 0 fully saturated rings. The van der Waals surface area contributed by atoms with E-state index in [1.807, 2.05) is 4.72 Å². The van der Waals surface area contributed by atoms with E-state index in [4.69, 9.17) is 14.6 Å². The monoisotopic (exact) mass is 316 g/mol. The van der Waals surface area contributed by atoms with Gasteiger partial charge in [-0.2, -0.15) is 0 Å². The molecular weight excluding hydrogens is 304 g/mol. The van der Waals surface area contributed by atoms with Crippen LogP contribution in [0.3, 0.4) is 0 Å². The molecular formula is C11H12N2O7S. The number of sulfonamides is 1. The van der Waals surface area contributed by atoms with E-state index in [-0.39, 0.29) is 10.5 Å². The van der Waals surface area contributed by atoms with E-state index in [0.29, 0.717) is 5.52 Å². The van der Waals surface area contributed by atoms with Crippen LogP contribution in [0.1, 0.15) is 0 Å². The topological polar surface area (TPSA) is 139 Å². The van der Waals surface area contributed by atoms with Gasteiger partial charge in [0.2, 0.25) is 10.0 Å². The van der Waals surface area contributed by atoms with Crippen molar-refractivity contribution < 1.29 is 27.8 Å². The van der Waals surface area contributed by atoms with Gasteiger partial charge < -0.3 is 14.6 Å². The second kappa shape index (κ2) is 5.31. The van der Waals surface area contributed by atoms with Gasteiger partial charge in [-0.05, 0) is 12.1 Å². The summed E-state index contributed by atoms with van der Waals surface area (Å²) in [6.07, 6.45) is -1.85. The Morgan fingerprint density at radius 3 is 2.76 bits per heavy atom. The van der Waals surface area contributed by atoms with E-state index in [2.05, 4.69) is 0 Å². The molecule has 114 valence electrons. The molecule has 0 aliphatic heterocycles. The molecule has 0 radical (unpaired) electrons. The van der Waals surface area contributed by atoms with Crippen molar-refractivity contribution in [3.05, 3.63) is 28.7 Å². The number of nitrogens with one attached hydrogen (secondary N) is 1. The van der Waals surface area contributed by atoms with Crippen LogP contribution in [0.25, 0.3) is 11.1 Å². The molecule has 21 heavy (non-hydrogen) atoms. The number of nitrogens with zero attached hydrogens (tertiary/aromatic N) is 1. The molecule has 9 nitrogen and oxygen atoms in total. The lowest BCUT2D eigenvalue weighted by Gasteiger charge is -2.08. The number of hydrogen-bond acceptors (Lipinski definition) is 6. The summed E-state index contributed by atoms with van der Waals surface area (Å²) in [7, 11) is -2.55. The van der Waals surface area contributed by atoms with E-state index in [1.165, 1.54) is 23.7 Å². The quantitative estimate of drug-likeness (QED) is 0.633. The van der Waals surface area contributed by atoms with Gasteiger partial charge in [0.1, 0.15) is 0 Å². The third-order valence-electron chi connectivity index (χ3n) is 2.83. The Bertz CT molecular complexity index is 849. The molecule has 1 unspecified atom stereocenters. The minimum Gasteiger partial charge on any atom is -0.479 e. The molecule has 0 spiro atoms. The van der Waals surface area contributed by atoms with Crippen molar-refractivity contribution in [3.63, 3.8) is 0 Å². The van der Waals surface area contributed by atoms with E-state index in [0.717, 1.165) is 6.07 Å². The van der Waals surface area contributed by atoms with Crippen LogP contribution >= 0.6 is 0 Å². The highest BCUT2D eigenvalue weighted by Crippen LogP contribution is 2.17. The van der Waals surface area contributed by atoms with Gasteiger partial charge in [-0.15, -0.1) is 0 Å². The van der Waals surface area contributed by atoms with Crippen molar-refractivity contribution in [2.75, 3.05) is 6.54 Å². The smallest absolute Gasteiger partial charge is 0.419 e. The Morgan fingerprint density at radius 2 is 2.14 bits per heavy atom. The number of benzene rings is 1. The predicted octanol–water partition coefficient (Wildman–Crippen LogP) is -1.14. The predicted molar refractivity (Wildman–Crippen MR) is 70.3 cm³/mol. The Kier molecular flexibility index (Phi) is 3.85. The van der Waals surface area contributed by atoms with E-state index in [1.54, 1.807) is 0 Å². The first kappa shape index (κ1) is 15.2. The molecule has 0 saturated heterocycles. The van der Waals surface area contributed by atoms with Crippen molar-refractivity contribution >= 4 is 27.1 Å². The fourth-order valence-corrected chi connectivity index (χ4v) is 2.69. The summed E-state index contributed by atoms with van der Waals surface area (Å²) >= 11 is 0. The number of carbonyl (C=O) groups is 1. The van der Waals surface area contributed by atoms with Gasteiger partial charge in [0, 0.05) is 19.7 Å². The fourth-order valence-electron chi connectivity index (χ4n) is 1.64. The number of aromatic nitrogens is 1. The summed E-state index contributed by atoms with van der Waals surface area (Å²) in [5, 5.41) is 17.5. The highest BCUT2D eigenvalue weighted by Gasteiger charge is 2.20. The average Bonchev–Trinajstić information content (AvgIpc) is 2.71. The summed E-state index contributed by atoms with van der Waals surface area (Å²) in [4.78, 5) is 21.5. The molecule has 0 saturated carbocycles. The highest BCUT2D eigenvalue weighted by atomic mass is 32.2. The lowest BCUT2D eigenvalue weighted by molar-refractivity contribution is -0.146. The molecule has 3 N–H and O–H groups in total. The summed E-state index contributed by atoms with van der Waals surface area (Å²) in [5.74, 6) is -2.17. The molecule has 10 heteroatoms. The SMILES string of the molecule is Cn1c(=O)oc2cc(S(=O)(=O)NCC(O)C(=O)O)ccc21. The van der Waals surface area contributed by atoms with Gasteiger partial charge in [0.15, 0.2) is 11.7 Å². The van der Waals surface area contributed by atoms with Crippen LogP contribution in [0.15, 0.2) is 32.3 Å². The maximum Gasteiger partial charge on any atom is 0.419 e. The number of aliphatic hydroxyl groups excluding tert-OH is 1. The van der Waals surface area contributed by atoms with Crippen LogP contribution in [-0.4, -0.2) is 41.8 Å². The van der Waals surface area contributed by atoms with Crippen molar-refractivity contribution in [2.45, 2.75) is 11.0 Å². The third-order valence-corrected chi connectivity index (χ3v) is 4.25. The molecule has 1 atom stereocenters. The van der Waals surface area contributed by atoms with Crippen LogP contribution in [0.2, 0.25) is 0 Å². The molecule has 2 aromatic rings. The average molecular weight is 316 g/mol. The van der Waals surface area contributed by atoms with Crippen molar-refractivity contribution in [1.82, 2.24) is 9.29 Å². The van der Waals surface area contributed by atoms with Crippen molar-refractivity contribution in [3.8, 4) is 0 Å². The van der Waals surface area contributed by atoms with Gasteiger partial charge in [0.05, 0.1) is 10.4 Å². The maximum atomic E-state index is 12.0. The number of aliphatic hydroxyl groups is 1. The van der Waals surface area contributed by atoms with Crippen LogP contribution in [-0.2, 0) is 21.9 Å². The van der Waals surface area contributed by atoms with Crippen LogP contribution < -0.4 is 10.5 Å². The highest BCUT2D eigenvalue weighted by molar-refractivity contribution is 7.89. The molecule has 1 aromatic carbocycles. The van der Waals surface area contributed by atoms with Crippen molar-refractivity contribution in [1.29, 1.82) is 0 Å². The van der Waals surface area contributed by atoms with Gasteiger partial charge >= 0.3 is 11.7 Å². The zero-order valence-electron chi connectivity index (χ0n) is 10.8. The number of fused-ring (bicyclic) bond motifs is 1. The number of carboxylic acid groups (broad SMARTS) is 1. The molecule has 0 amide bonds. The minimum atomic E-state index is -4.03. The number of aliphatic carboxylic acids is 1. The number of carboxylic acids is 1.